The average Bonchev–Trinajstić information content (AvgIpc) is 3.04. The SMILES string of the molecule is CC/C=C\C/C=C\CC(O)/C=C/C=C\C/C=C\C/C=C\CCC(=O)N[C@@H](CO)[C@H](O)/C=C/CCCCCCCC/C=C\CCC. The lowest BCUT2D eigenvalue weighted by atomic mass is 10.1. The van der Waals surface area contributed by atoms with Crippen molar-refractivity contribution in [3.8, 4) is 0 Å². The number of nitrogens with one attached hydrogen (secondary N) is 1. The molecule has 0 aliphatic rings. The lowest BCUT2D eigenvalue weighted by molar-refractivity contribution is -0.122. The second-order valence-corrected chi connectivity index (χ2v) is 11.4. The van der Waals surface area contributed by atoms with Gasteiger partial charge in [0.05, 0.1) is 24.9 Å². The molecule has 0 fully saturated rings. The monoisotopic (exact) mass is 623 g/mol. The zero-order valence-electron chi connectivity index (χ0n) is 28.4. The van der Waals surface area contributed by atoms with Gasteiger partial charge in [0.25, 0.3) is 0 Å². The van der Waals surface area contributed by atoms with E-state index in [0.717, 1.165) is 38.5 Å². The number of amides is 1. The number of rotatable bonds is 29. The van der Waals surface area contributed by atoms with Gasteiger partial charge in [-0.3, -0.25) is 4.79 Å². The van der Waals surface area contributed by atoms with Crippen molar-refractivity contribution in [3.63, 3.8) is 0 Å². The van der Waals surface area contributed by atoms with Crippen LogP contribution in [0.3, 0.4) is 0 Å². The minimum absolute atomic E-state index is 0.175. The van der Waals surface area contributed by atoms with E-state index >= 15 is 0 Å². The lowest BCUT2D eigenvalue weighted by Gasteiger charge is -2.19. The first kappa shape index (κ1) is 42.3. The third-order valence-electron chi connectivity index (χ3n) is 7.12. The Morgan fingerprint density at radius 1 is 0.622 bits per heavy atom. The van der Waals surface area contributed by atoms with Crippen molar-refractivity contribution in [2.45, 2.75) is 141 Å². The van der Waals surface area contributed by atoms with E-state index in [1.165, 1.54) is 51.4 Å². The Balaban J connectivity index is 3.94. The molecule has 0 aromatic carbocycles. The summed E-state index contributed by atoms with van der Waals surface area (Å²) in [6, 6.07) is -0.687. The Morgan fingerprint density at radius 2 is 1.20 bits per heavy atom. The zero-order valence-corrected chi connectivity index (χ0v) is 28.4. The van der Waals surface area contributed by atoms with Crippen molar-refractivity contribution in [1.82, 2.24) is 5.32 Å². The van der Waals surface area contributed by atoms with Gasteiger partial charge in [0, 0.05) is 6.42 Å². The minimum Gasteiger partial charge on any atom is -0.394 e. The molecule has 254 valence electrons. The second kappa shape index (κ2) is 34.1. The summed E-state index contributed by atoms with van der Waals surface area (Å²) in [5.74, 6) is -0.175. The van der Waals surface area contributed by atoms with Gasteiger partial charge in [-0.15, -0.1) is 0 Å². The zero-order chi connectivity index (χ0) is 33.1. The summed E-state index contributed by atoms with van der Waals surface area (Å²) in [6.07, 6.45) is 48.0. The van der Waals surface area contributed by atoms with Crippen LogP contribution in [0.15, 0.2) is 97.2 Å². The van der Waals surface area contributed by atoms with Gasteiger partial charge in [0.15, 0.2) is 0 Å². The lowest BCUT2D eigenvalue weighted by Crippen LogP contribution is -2.45. The van der Waals surface area contributed by atoms with Crippen LogP contribution in [0.2, 0.25) is 0 Å². The fourth-order valence-corrected chi connectivity index (χ4v) is 4.40. The van der Waals surface area contributed by atoms with Gasteiger partial charge >= 0.3 is 0 Å². The Hall–Kier alpha value is -2.73. The van der Waals surface area contributed by atoms with E-state index in [1.807, 2.05) is 42.5 Å². The van der Waals surface area contributed by atoms with E-state index in [0.29, 0.717) is 19.3 Å². The summed E-state index contributed by atoms with van der Waals surface area (Å²) >= 11 is 0. The van der Waals surface area contributed by atoms with Gasteiger partial charge in [-0.1, -0.05) is 143 Å². The minimum atomic E-state index is -0.893. The number of hydrogen-bond donors (Lipinski definition) is 4. The maximum Gasteiger partial charge on any atom is 0.220 e. The highest BCUT2D eigenvalue weighted by molar-refractivity contribution is 5.76. The first-order valence-corrected chi connectivity index (χ1v) is 17.6. The van der Waals surface area contributed by atoms with Crippen molar-refractivity contribution in [2.24, 2.45) is 0 Å². The van der Waals surface area contributed by atoms with Crippen LogP contribution in [0, 0.1) is 0 Å². The molecule has 45 heavy (non-hydrogen) atoms. The van der Waals surface area contributed by atoms with Crippen molar-refractivity contribution in [3.05, 3.63) is 97.2 Å². The number of aliphatic hydroxyl groups excluding tert-OH is 3. The maximum atomic E-state index is 12.3. The molecule has 0 saturated carbocycles. The third kappa shape index (κ3) is 31.1. The quantitative estimate of drug-likeness (QED) is 0.0380. The summed E-state index contributed by atoms with van der Waals surface area (Å²) in [7, 11) is 0. The fourth-order valence-electron chi connectivity index (χ4n) is 4.40. The number of aliphatic hydroxyl groups is 3. The molecule has 1 unspecified atom stereocenters. The molecule has 4 N–H and O–H groups in total. The largest absolute Gasteiger partial charge is 0.394 e. The summed E-state index contributed by atoms with van der Waals surface area (Å²) in [5.41, 5.74) is 0. The highest BCUT2D eigenvalue weighted by atomic mass is 16.3. The van der Waals surface area contributed by atoms with E-state index < -0.39 is 18.2 Å². The molecule has 3 atom stereocenters. The Kier molecular flexibility index (Phi) is 32.1. The van der Waals surface area contributed by atoms with Gasteiger partial charge in [0.1, 0.15) is 0 Å². The van der Waals surface area contributed by atoms with Gasteiger partial charge in [-0.05, 0) is 70.6 Å². The first-order chi connectivity index (χ1) is 22.0. The van der Waals surface area contributed by atoms with Crippen LogP contribution < -0.4 is 5.32 Å². The molecule has 0 saturated heterocycles. The molecule has 0 aliphatic carbocycles. The van der Waals surface area contributed by atoms with Crippen molar-refractivity contribution >= 4 is 5.91 Å². The smallest absolute Gasteiger partial charge is 0.220 e. The van der Waals surface area contributed by atoms with Crippen LogP contribution in [0.25, 0.3) is 0 Å². The molecule has 5 heteroatoms. The van der Waals surface area contributed by atoms with Crippen LogP contribution in [0.4, 0.5) is 0 Å². The Morgan fingerprint density at radius 3 is 1.89 bits per heavy atom. The summed E-state index contributed by atoms with van der Waals surface area (Å²) < 4.78 is 0. The van der Waals surface area contributed by atoms with E-state index in [-0.39, 0.29) is 12.5 Å². The molecular weight excluding hydrogens is 558 g/mol. The molecule has 5 nitrogen and oxygen atoms in total. The highest BCUT2D eigenvalue weighted by Gasteiger charge is 2.17. The second-order valence-electron chi connectivity index (χ2n) is 11.4. The Bertz CT molecular complexity index is 909. The standard InChI is InChI=1S/C40H65NO4/c1-3-5-7-9-11-12-13-14-15-19-22-26-30-34-39(44)38(36-42)41-40(45)35-31-27-23-20-17-16-18-21-25-29-33-37(43)32-28-24-10-8-6-4-2/h6-9,16-17,21,23-25,27-30,33-34,37-39,42-44H,3-5,10-15,18-20,22,26,31-32,35-36H2,1-2H3,(H,41,45)/b8-6-,9-7-,17-16-,25-21-,27-23-,28-24-,33-29+,34-30+/t37?,38-,39+/m0/s1. The first-order valence-electron chi connectivity index (χ1n) is 17.6. The van der Waals surface area contributed by atoms with Crippen LogP contribution in [-0.4, -0.2) is 46.1 Å². The maximum absolute atomic E-state index is 12.3. The summed E-state index contributed by atoms with van der Waals surface area (Å²) in [4.78, 5) is 12.3. The van der Waals surface area contributed by atoms with Crippen LogP contribution in [0.5, 0.6) is 0 Å². The summed E-state index contributed by atoms with van der Waals surface area (Å²) in [5, 5.41) is 32.7. The fraction of sp³-hybridized carbons (Fsp3) is 0.575. The van der Waals surface area contributed by atoms with Gasteiger partial charge in [0.2, 0.25) is 5.91 Å². The molecule has 0 bridgehead atoms. The number of hydrogen-bond acceptors (Lipinski definition) is 4. The number of carbonyl (C=O) groups is 1. The topological polar surface area (TPSA) is 89.8 Å². The third-order valence-corrected chi connectivity index (χ3v) is 7.12. The number of allylic oxidation sites excluding steroid dienone is 13. The van der Waals surface area contributed by atoms with Gasteiger partial charge < -0.3 is 20.6 Å². The van der Waals surface area contributed by atoms with Crippen LogP contribution >= 0.6 is 0 Å². The molecule has 0 heterocycles. The van der Waals surface area contributed by atoms with Crippen molar-refractivity contribution < 1.29 is 20.1 Å². The average molecular weight is 624 g/mol. The molecule has 0 aromatic rings. The van der Waals surface area contributed by atoms with Crippen molar-refractivity contribution in [1.29, 1.82) is 0 Å². The predicted molar refractivity (Wildman–Crippen MR) is 194 cm³/mol. The Labute approximate surface area is 276 Å². The molecule has 1 amide bonds. The van der Waals surface area contributed by atoms with E-state index in [1.54, 1.807) is 12.2 Å². The van der Waals surface area contributed by atoms with Crippen LogP contribution in [0.1, 0.15) is 123 Å². The van der Waals surface area contributed by atoms with E-state index in [9.17, 15) is 20.1 Å². The van der Waals surface area contributed by atoms with Gasteiger partial charge in [-0.2, -0.15) is 0 Å². The van der Waals surface area contributed by atoms with Crippen LogP contribution in [-0.2, 0) is 4.79 Å². The molecule has 0 radical (unpaired) electrons. The highest BCUT2D eigenvalue weighted by Crippen LogP contribution is 2.10. The molecule has 0 rings (SSSR count). The van der Waals surface area contributed by atoms with E-state index in [2.05, 4.69) is 61.7 Å². The number of carbonyl (C=O) groups excluding carboxylic acids is 1. The molecule has 0 spiro atoms. The summed E-state index contributed by atoms with van der Waals surface area (Å²) in [6.45, 7) is 4.02. The van der Waals surface area contributed by atoms with Gasteiger partial charge in [-0.25, -0.2) is 0 Å². The molecule has 0 aliphatic heterocycles. The number of unbranched alkanes of at least 4 members (excludes halogenated alkanes) is 8. The predicted octanol–water partition coefficient (Wildman–Crippen LogP) is 9.31. The van der Waals surface area contributed by atoms with E-state index in [4.69, 9.17) is 0 Å². The normalized spacial score (nSPS) is 15.0. The van der Waals surface area contributed by atoms with Crippen molar-refractivity contribution in [2.75, 3.05) is 6.61 Å². The molecule has 0 aromatic heterocycles. The molecular formula is C40H65NO4.